The number of rotatable bonds is 5. The van der Waals surface area contributed by atoms with Gasteiger partial charge in [-0.05, 0) is 0 Å². The van der Waals surface area contributed by atoms with Gasteiger partial charge in [0.1, 0.15) is 12.7 Å². The number of ether oxygens (including phenoxy) is 1. The van der Waals surface area contributed by atoms with Gasteiger partial charge in [-0.1, -0.05) is 0 Å². The van der Waals surface area contributed by atoms with Gasteiger partial charge in [-0.15, -0.1) is 0 Å². The molecule has 2 N–H and O–H groups in total. The second-order valence-electron chi connectivity index (χ2n) is 4.37. The summed E-state index contributed by atoms with van der Waals surface area (Å²) in [5, 5.41) is 4.78. The Bertz CT molecular complexity index is 516. The molecule has 0 aliphatic carbocycles. The van der Waals surface area contributed by atoms with Gasteiger partial charge in [-0.2, -0.15) is 8.42 Å². The lowest BCUT2D eigenvalue weighted by Gasteiger charge is -2.21. The zero-order valence-electron chi connectivity index (χ0n) is 11.2. The van der Waals surface area contributed by atoms with Crippen LogP contribution in [0.15, 0.2) is 0 Å². The Morgan fingerprint density at radius 2 is 1.80 bits per heavy atom. The highest BCUT2D eigenvalue weighted by atomic mass is 32.2. The van der Waals surface area contributed by atoms with E-state index in [1.54, 1.807) is 0 Å². The molecule has 114 valence electrons. The van der Waals surface area contributed by atoms with Crippen LogP contribution < -0.4 is 10.6 Å². The van der Waals surface area contributed by atoms with Gasteiger partial charge >= 0.3 is 5.97 Å². The average molecular weight is 308 g/mol. The van der Waals surface area contributed by atoms with E-state index in [4.69, 9.17) is 4.74 Å². The van der Waals surface area contributed by atoms with E-state index >= 15 is 0 Å². The van der Waals surface area contributed by atoms with Crippen molar-refractivity contribution in [2.75, 3.05) is 12.9 Å². The van der Waals surface area contributed by atoms with Crippen LogP contribution in [-0.4, -0.2) is 57.3 Å². The van der Waals surface area contributed by atoms with E-state index in [0.29, 0.717) is 0 Å². The first-order chi connectivity index (χ1) is 9.10. The normalized spacial score (nSPS) is 25.9. The van der Waals surface area contributed by atoms with Gasteiger partial charge in [0.15, 0.2) is 6.04 Å². The number of cyclic esters (lactones) is 1. The van der Waals surface area contributed by atoms with Gasteiger partial charge in [-0.25, -0.2) is 4.79 Å². The molecule has 3 atom stereocenters. The van der Waals surface area contributed by atoms with Gasteiger partial charge in [0.25, 0.3) is 10.1 Å². The van der Waals surface area contributed by atoms with Gasteiger partial charge in [-0.3, -0.25) is 13.8 Å². The monoisotopic (exact) mass is 308 g/mol. The second kappa shape index (κ2) is 6.18. The molecule has 0 bridgehead atoms. The second-order valence-corrected chi connectivity index (χ2v) is 6.01. The highest BCUT2D eigenvalue weighted by Crippen LogP contribution is 2.17. The molecule has 2 amide bonds. The average Bonchev–Trinajstić information content (AvgIpc) is 2.52. The SMILES string of the molecule is CC(=O)N[C@@H]1[C@H](NC(C)=O)C(=O)O[C@@H]1COS(C)(=O)=O. The van der Waals surface area contributed by atoms with E-state index < -0.39 is 52.7 Å². The Morgan fingerprint density at radius 3 is 2.25 bits per heavy atom. The van der Waals surface area contributed by atoms with Crippen LogP contribution in [0.3, 0.4) is 0 Å². The number of carbonyl (C=O) groups is 3. The maximum atomic E-state index is 11.6. The Kier molecular flexibility index (Phi) is 5.06. The minimum Gasteiger partial charge on any atom is -0.456 e. The Morgan fingerprint density at radius 1 is 1.25 bits per heavy atom. The molecule has 0 spiro atoms. The number of esters is 1. The molecule has 1 aliphatic rings. The fourth-order valence-corrected chi connectivity index (χ4v) is 2.15. The summed E-state index contributed by atoms with van der Waals surface area (Å²) in [6.07, 6.45) is -0.152. The van der Waals surface area contributed by atoms with E-state index in [2.05, 4.69) is 14.8 Å². The summed E-state index contributed by atoms with van der Waals surface area (Å²) in [5.41, 5.74) is 0. The van der Waals surface area contributed by atoms with Crippen LogP contribution in [0.4, 0.5) is 0 Å². The summed E-state index contributed by atoms with van der Waals surface area (Å²) >= 11 is 0. The minimum absolute atomic E-state index is 0.439. The highest BCUT2D eigenvalue weighted by Gasteiger charge is 2.46. The van der Waals surface area contributed by atoms with Crippen molar-refractivity contribution < 1.29 is 31.7 Å². The summed E-state index contributed by atoms with van der Waals surface area (Å²) in [5.74, 6) is -1.69. The van der Waals surface area contributed by atoms with Crippen LogP contribution in [0.2, 0.25) is 0 Å². The minimum atomic E-state index is -3.71. The predicted molar refractivity (Wildman–Crippen MR) is 65.9 cm³/mol. The van der Waals surface area contributed by atoms with Crippen molar-refractivity contribution in [1.29, 1.82) is 0 Å². The van der Waals surface area contributed by atoms with E-state index in [0.717, 1.165) is 6.26 Å². The third-order valence-electron chi connectivity index (χ3n) is 2.46. The summed E-state index contributed by atoms with van der Waals surface area (Å²) in [4.78, 5) is 33.8. The molecule has 1 rings (SSSR count). The summed E-state index contributed by atoms with van der Waals surface area (Å²) in [6, 6.07) is -1.98. The van der Waals surface area contributed by atoms with Crippen molar-refractivity contribution in [3.63, 3.8) is 0 Å². The zero-order valence-corrected chi connectivity index (χ0v) is 12.0. The number of hydrogen-bond donors (Lipinski definition) is 2. The van der Waals surface area contributed by atoms with Crippen LogP contribution in [-0.2, 0) is 33.4 Å². The molecule has 0 aromatic rings. The summed E-state index contributed by atoms with van der Waals surface area (Å²) in [7, 11) is -3.71. The third kappa shape index (κ3) is 4.78. The molecule has 20 heavy (non-hydrogen) atoms. The molecule has 10 heteroatoms. The number of nitrogens with one attached hydrogen (secondary N) is 2. The molecular formula is C10H16N2O7S. The van der Waals surface area contributed by atoms with Crippen molar-refractivity contribution >= 4 is 27.9 Å². The Balaban J connectivity index is 2.84. The maximum absolute atomic E-state index is 11.6. The van der Waals surface area contributed by atoms with E-state index in [1.165, 1.54) is 13.8 Å². The quantitative estimate of drug-likeness (QED) is 0.439. The molecule has 1 heterocycles. The van der Waals surface area contributed by atoms with Gasteiger partial charge < -0.3 is 15.4 Å². The third-order valence-corrected chi connectivity index (χ3v) is 3.02. The molecule has 0 unspecified atom stereocenters. The van der Waals surface area contributed by atoms with E-state index in [9.17, 15) is 22.8 Å². The van der Waals surface area contributed by atoms with Crippen LogP contribution >= 0.6 is 0 Å². The molecule has 0 radical (unpaired) electrons. The molecule has 1 fully saturated rings. The van der Waals surface area contributed by atoms with Crippen molar-refractivity contribution in [2.45, 2.75) is 32.0 Å². The lowest BCUT2D eigenvalue weighted by Crippen LogP contribution is -2.54. The largest absolute Gasteiger partial charge is 0.456 e. The fraction of sp³-hybridized carbons (Fsp3) is 0.700. The highest BCUT2D eigenvalue weighted by molar-refractivity contribution is 7.85. The summed E-state index contributed by atoms with van der Waals surface area (Å²) < 4.78 is 31.4. The lowest BCUT2D eigenvalue weighted by atomic mass is 10.1. The topological polar surface area (TPSA) is 128 Å². The van der Waals surface area contributed by atoms with Gasteiger partial charge in [0.05, 0.1) is 12.3 Å². The smallest absolute Gasteiger partial charge is 0.331 e. The van der Waals surface area contributed by atoms with Crippen LogP contribution in [0.25, 0.3) is 0 Å². The first kappa shape index (κ1) is 16.4. The van der Waals surface area contributed by atoms with Gasteiger partial charge in [0, 0.05) is 13.8 Å². The summed E-state index contributed by atoms with van der Waals surface area (Å²) in [6.45, 7) is 1.99. The fourth-order valence-electron chi connectivity index (χ4n) is 1.76. The van der Waals surface area contributed by atoms with Crippen molar-refractivity contribution in [1.82, 2.24) is 10.6 Å². The van der Waals surface area contributed by atoms with Crippen molar-refractivity contribution in [3.8, 4) is 0 Å². The predicted octanol–water partition coefficient (Wildman–Crippen LogP) is -2.10. The maximum Gasteiger partial charge on any atom is 0.331 e. The first-order valence-electron chi connectivity index (χ1n) is 5.69. The van der Waals surface area contributed by atoms with E-state index in [1.807, 2.05) is 0 Å². The number of carbonyl (C=O) groups excluding carboxylic acids is 3. The Hall–Kier alpha value is -1.68. The van der Waals surface area contributed by atoms with Crippen molar-refractivity contribution in [3.05, 3.63) is 0 Å². The molecule has 1 saturated heterocycles. The molecule has 9 nitrogen and oxygen atoms in total. The number of hydrogen-bond acceptors (Lipinski definition) is 7. The molecule has 0 aromatic heterocycles. The molecule has 0 aromatic carbocycles. The number of amides is 2. The van der Waals surface area contributed by atoms with Crippen molar-refractivity contribution in [2.24, 2.45) is 0 Å². The van der Waals surface area contributed by atoms with E-state index in [-0.39, 0.29) is 0 Å². The molecule has 1 aliphatic heterocycles. The van der Waals surface area contributed by atoms with Crippen LogP contribution in [0.5, 0.6) is 0 Å². The molecule has 0 saturated carbocycles. The van der Waals surface area contributed by atoms with Crippen LogP contribution in [0.1, 0.15) is 13.8 Å². The van der Waals surface area contributed by atoms with Crippen LogP contribution in [0, 0.1) is 0 Å². The molecular weight excluding hydrogens is 292 g/mol. The lowest BCUT2D eigenvalue weighted by molar-refractivity contribution is -0.145. The standard InChI is InChI=1S/C10H16N2O7S/c1-5(13)11-8-7(4-18-20(3,16)17)19-10(15)9(8)12-6(2)14/h7-9H,4H2,1-3H3,(H,11,13)(H,12,14)/t7-,8+,9+/m1/s1. The zero-order chi connectivity index (χ0) is 15.5. The first-order valence-corrected chi connectivity index (χ1v) is 7.51. The Labute approximate surface area is 116 Å². The van der Waals surface area contributed by atoms with Gasteiger partial charge in [0.2, 0.25) is 11.8 Å².